The van der Waals surface area contributed by atoms with Crippen LogP contribution in [0.5, 0.6) is 11.5 Å². The van der Waals surface area contributed by atoms with E-state index in [4.69, 9.17) is 18.9 Å². The number of piperazine rings is 2. The molecule has 2 aromatic heterocycles. The molecule has 10 atom stereocenters. The lowest BCUT2D eigenvalue weighted by Gasteiger charge is -2.54. The topological polar surface area (TPSA) is 495 Å². The maximum absolute atomic E-state index is 14.2. The number of benzene rings is 2. The molecule has 102 heavy (non-hydrogen) atoms. The predicted octanol–water partition coefficient (Wildman–Crippen LogP) is -3.06. The van der Waals surface area contributed by atoms with Crippen LogP contribution < -0.4 is 41.4 Å². The highest BCUT2D eigenvalue weighted by molar-refractivity contribution is 8.03. The molecule has 0 radical (unpaired) electrons. The number of likely N-dealkylation sites (N-methyl/N-ethyl adjacent to an activating group) is 2. The number of imide groups is 2. The van der Waals surface area contributed by atoms with Gasteiger partial charge in [-0.05, 0) is 70.1 Å². The van der Waals surface area contributed by atoms with E-state index in [2.05, 4.69) is 63.0 Å². The Hall–Kier alpha value is -9.92. The summed E-state index contributed by atoms with van der Waals surface area (Å²) in [5.41, 5.74) is 0.215. The van der Waals surface area contributed by atoms with Crippen LogP contribution in [0.3, 0.4) is 0 Å². The van der Waals surface area contributed by atoms with Gasteiger partial charge in [-0.1, -0.05) is 36.0 Å². The maximum atomic E-state index is 14.2. The molecule has 6 aliphatic rings. The number of tetrazole rings is 2. The number of amides is 14. The molecule has 8 N–H and O–H groups in total. The summed E-state index contributed by atoms with van der Waals surface area (Å²) in [5.74, 6) is -8.62. The highest BCUT2D eigenvalue weighted by atomic mass is 32.2. The minimum atomic E-state index is -1.59. The van der Waals surface area contributed by atoms with Crippen molar-refractivity contribution in [2.75, 3.05) is 96.0 Å². The van der Waals surface area contributed by atoms with Gasteiger partial charge in [-0.2, -0.15) is 0 Å². The fourth-order valence-electron chi connectivity index (χ4n) is 11.5. The number of nitrogens with one attached hydrogen (secondary N) is 6. The van der Waals surface area contributed by atoms with E-state index in [-0.39, 0.29) is 119 Å². The first kappa shape index (κ1) is 74.8. The largest absolute Gasteiger partial charge is 0.480 e. The molecule has 10 rings (SSSR count). The van der Waals surface area contributed by atoms with Crippen LogP contribution in [0.25, 0.3) is 0 Å². The molecular formula is C58H70N20O20S4. The number of carbonyl (C=O) groups is 14. The Balaban J connectivity index is 0.651. The second kappa shape index (κ2) is 33.7. The molecule has 2 aromatic carbocycles. The summed E-state index contributed by atoms with van der Waals surface area (Å²) in [6, 6.07) is 0.463. The van der Waals surface area contributed by atoms with Crippen LogP contribution in [0.15, 0.2) is 53.7 Å². The number of hydrogen-bond acceptors (Lipinski definition) is 28. The highest BCUT2D eigenvalue weighted by Crippen LogP contribution is 2.44. The number of ether oxygens (including phenoxy) is 4. The van der Waals surface area contributed by atoms with Crippen molar-refractivity contribution in [2.45, 2.75) is 77.0 Å². The molecule has 8 heterocycles. The fraction of sp³-hybridized carbons (Fsp3) is 0.517. The van der Waals surface area contributed by atoms with E-state index in [0.29, 0.717) is 26.5 Å². The lowest BCUT2D eigenvalue weighted by atomic mass is 9.94. The number of aryl methyl sites for hydroxylation is 2. The van der Waals surface area contributed by atoms with Gasteiger partial charge in [0.15, 0.2) is 5.82 Å². The van der Waals surface area contributed by atoms with Crippen molar-refractivity contribution in [2.24, 2.45) is 20.0 Å². The van der Waals surface area contributed by atoms with Crippen LogP contribution in [0.4, 0.5) is 19.2 Å². The third-order valence-electron chi connectivity index (χ3n) is 16.9. The summed E-state index contributed by atoms with van der Waals surface area (Å²) >= 11 is 5.02. The van der Waals surface area contributed by atoms with Gasteiger partial charge in [-0.15, -0.1) is 45.5 Å². The number of urea groups is 2. The van der Waals surface area contributed by atoms with Crippen LogP contribution >= 0.6 is 47.0 Å². The molecule has 0 spiro atoms. The molecule has 546 valence electrons. The minimum Gasteiger partial charge on any atom is -0.480 e. The molecular weight excluding hydrogens is 1430 g/mol. The number of carboxylic acids is 2. The number of rotatable bonds is 29. The molecule has 4 aromatic rings. The SMILES string of the molecule is CCN1CCN(C(=O)NC(C(=O)N[C@H]2C(=O)N3C(C(=O)O)C(CSc4nnnn4C)CSC23)c2ccc(OC(=O)NCCOCCOCCNC(=O)Oc3ccc(C(NC(=O)N4CCN(CC)C(=O)C4=O)C(=O)N[C@H]4C(=O)N5C(C(=O)O)C(SCc6nnnn6C)CSC45)cc3)cc2)C(=O)C1=O. The Morgan fingerprint density at radius 1 is 0.588 bits per heavy atom. The third kappa shape index (κ3) is 17.0. The highest BCUT2D eigenvalue weighted by Gasteiger charge is 2.60. The molecule has 6 saturated heterocycles. The van der Waals surface area contributed by atoms with Crippen molar-refractivity contribution in [3.8, 4) is 11.5 Å². The van der Waals surface area contributed by atoms with E-state index in [1.54, 1.807) is 27.9 Å². The molecule has 8 unspecified atom stereocenters. The summed E-state index contributed by atoms with van der Waals surface area (Å²) in [4.78, 5) is 191. The smallest absolute Gasteiger partial charge is 0.412 e. The van der Waals surface area contributed by atoms with Gasteiger partial charge in [0.1, 0.15) is 58.5 Å². The van der Waals surface area contributed by atoms with Crippen molar-refractivity contribution >= 4 is 130 Å². The van der Waals surface area contributed by atoms with Gasteiger partial charge in [0.25, 0.3) is 0 Å². The number of carboxylic acid groups (broad SMARTS) is 2. The van der Waals surface area contributed by atoms with Crippen molar-refractivity contribution in [1.82, 2.24) is 102 Å². The van der Waals surface area contributed by atoms with E-state index in [0.717, 1.165) is 0 Å². The van der Waals surface area contributed by atoms with Gasteiger partial charge in [-0.25, -0.2) is 38.1 Å². The second-order valence-corrected chi connectivity index (χ2v) is 27.7. The van der Waals surface area contributed by atoms with Gasteiger partial charge in [-0.3, -0.25) is 48.2 Å². The lowest BCUT2D eigenvalue weighted by molar-refractivity contribution is -0.164. The zero-order valence-corrected chi connectivity index (χ0v) is 58.1. The van der Waals surface area contributed by atoms with E-state index >= 15 is 0 Å². The average Bonchev–Trinajstić information content (AvgIpc) is 0.798. The number of hydrogen-bond donors (Lipinski definition) is 8. The van der Waals surface area contributed by atoms with Crippen LogP contribution in [-0.4, -0.2) is 300 Å². The van der Waals surface area contributed by atoms with E-state index in [1.165, 1.54) is 125 Å². The molecule has 44 heteroatoms. The van der Waals surface area contributed by atoms with E-state index in [9.17, 15) is 77.3 Å². The summed E-state index contributed by atoms with van der Waals surface area (Å²) in [5, 5.41) is 56.7. The van der Waals surface area contributed by atoms with Crippen LogP contribution in [0.2, 0.25) is 0 Å². The van der Waals surface area contributed by atoms with Crippen molar-refractivity contribution in [1.29, 1.82) is 0 Å². The van der Waals surface area contributed by atoms with Gasteiger partial charge < -0.3 is 80.7 Å². The van der Waals surface area contributed by atoms with Gasteiger partial charge in [0.2, 0.25) is 28.8 Å². The van der Waals surface area contributed by atoms with Crippen molar-refractivity contribution < 1.29 is 96.3 Å². The average molecular weight is 1500 g/mol. The summed E-state index contributed by atoms with van der Waals surface area (Å²) in [6.45, 7) is 3.67. The standard InChI is InChI=1S/C58H70N20O20S4/c1-5-73-17-19-75(48(85)46(73)83)54(91)63-36(42(79)61-38-44(81)77-40(52(87)88)31(25-100-50(38)77)26-102-56-66-68-70-72(56)4)29-7-11-32(12-8-29)97-57(93)59-15-21-95-23-24-96-22-16-60-58(94)98-33-13-9-30(10-14-33)37(64-55(92)76-20-18-74(6-2)47(84)49(76)86)43(80)62-39-45(82)78-41(53(89)90)34(27-101-51(39)78)99-28-35-65-67-69-71(35)3/h7-14,31,34,36-41,50-51H,5-6,15-28H2,1-4H3,(H,59,93)(H,60,94)(H,61,79)(H,62,80)(H,63,91)(H,64,92)(H,87,88)(H,89,90)/t31?,34?,36?,37?,38-,39-,40?,41?,50?,51?/m0/s1. The maximum Gasteiger partial charge on any atom is 0.412 e. The Kier molecular flexibility index (Phi) is 24.7. The monoisotopic (exact) mass is 1490 g/mol. The Morgan fingerprint density at radius 2 is 1.05 bits per heavy atom. The Morgan fingerprint density at radius 3 is 1.49 bits per heavy atom. The van der Waals surface area contributed by atoms with Crippen molar-refractivity contribution in [3.63, 3.8) is 0 Å². The Labute approximate surface area is 595 Å². The fourth-order valence-corrected chi connectivity index (χ4v) is 17.1. The third-order valence-corrected chi connectivity index (χ3v) is 22.4. The number of aliphatic carboxylic acids is 2. The zero-order chi connectivity index (χ0) is 73.1. The van der Waals surface area contributed by atoms with E-state index < -0.39 is 142 Å². The molecule has 6 aliphatic heterocycles. The number of aromatic nitrogens is 8. The molecule has 14 amide bonds. The first-order chi connectivity index (χ1) is 49.0. The minimum absolute atomic E-state index is 0.000549. The number of fused-ring (bicyclic) bond motifs is 2. The summed E-state index contributed by atoms with van der Waals surface area (Å²) < 4.78 is 24.7. The first-order valence-electron chi connectivity index (χ1n) is 31.7. The van der Waals surface area contributed by atoms with Gasteiger partial charge in [0, 0.05) is 94.9 Å². The molecule has 0 aliphatic carbocycles. The molecule has 40 nitrogen and oxygen atoms in total. The van der Waals surface area contributed by atoms with Crippen LogP contribution in [0, 0.1) is 5.92 Å². The molecule has 6 fully saturated rings. The normalized spacial score (nSPS) is 22.3. The number of carbonyl (C=O) groups excluding carboxylic acids is 12. The molecule has 0 bridgehead atoms. The predicted molar refractivity (Wildman–Crippen MR) is 353 cm³/mol. The number of β-lactam (4-membered cyclic amide) rings is 2. The van der Waals surface area contributed by atoms with Crippen LogP contribution in [0.1, 0.15) is 42.9 Å². The number of thioether (sulfide) groups is 4. The summed E-state index contributed by atoms with van der Waals surface area (Å²) in [6.07, 6.45) is -1.78. The quantitative estimate of drug-likeness (QED) is 0.0116. The van der Waals surface area contributed by atoms with Crippen LogP contribution in [-0.2, 0) is 77.3 Å². The first-order valence-corrected chi connectivity index (χ1v) is 35.8. The molecule has 0 saturated carbocycles. The summed E-state index contributed by atoms with van der Waals surface area (Å²) in [7, 11) is 3.27. The van der Waals surface area contributed by atoms with E-state index in [1.807, 2.05) is 0 Å². The van der Waals surface area contributed by atoms with Gasteiger partial charge >= 0.3 is 59.8 Å². The van der Waals surface area contributed by atoms with Gasteiger partial charge in [0.05, 0.1) is 32.2 Å². The Bertz CT molecular complexity index is 3630. The zero-order valence-electron chi connectivity index (χ0n) is 54.8. The second-order valence-electron chi connectivity index (χ2n) is 23.1. The van der Waals surface area contributed by atoms with Crippen molar-refractivity contribution in [3.05, 3.63) is 65.5 Å². The number of nitrogens with zero attached hydrogens (tertiary/aromatic N) is 14. The lowest BCUT2D eigenvalue weighted by Crippen LogP contribution is -2.76.